The number of halogens is 7. The highest BCUT2D eigenvalue weighted by Crippen LogP contribution is 2.43. The first-order valence-corrected chi connectivity index (χ1v) is 10.4. The van der Waals surface area contributed by atoms with Crippen LogP contribution in [-0.4, -0.2) is 21.9 Å². The molecule has 0 saturated carbocycles. The standard InChI is InChI=1S/C21H15BrF6N4O/c22-13-6-4-11(5-7-13)15-9-17(21(26,27)28)32-18(30-15)10-16(31-32)19(33)29-14-3-1-2-12(8-14)20(23,24)25/h1-8,10,15,17,30H,9H2,(H,29,33)/t15-,17-/m1/s1. The number of anilines is 2. The monoisotopic (exact) mass is 532 g/mol. The first-order chi connectivity index (χ1) is 15.4. The summed E-state index contributed by atoms with van der Waals surface area (Å²) in [5.41, 5.74) is -0.870. The highest BCUT2D eigenvalue weighted by Gasteiger charge is 2.46. The van der Waals surface area contributed by atoms with E-state index in [2.05, 4.69) is 31.7 Å². The molecule has 0 bridgehead atoms. The number of nitrogens with zero attached hydrogens (tertiary/aromatic N) is 2. The molecular weight excluding hydrogens is 518 g/mol. The Balaban J connectivity index is 1.62. The lowest BCUT2D eigenvalue weighted by atomic mass is 9.97. The van der Waals surface area contributed by atoms with Gasteiger partial charge in [-0.2, -0.15) is 31.4 Å². The Kier molecular flexibility index (Phi) is 5.89. The van der Waals surface area contributed by atoms with Crippen LogP contribution in [-0.2, 0) is 6.18 Å². The number of nitrogens with one attached hydrogen (secondary N) is 2. The third kappa shape index (κ3) is 5.00. The van der Waals surface area contributed by atoms with Gasteiger partial charge in [-0.25, -0.2) is 4.68 Å². The Hall–Kier alpha value is -3.02. The third-order valence-corrected chi connectivity index (χ3v) is 5.67. The van der Waals surface area contributed by atoms with Crippen LogP contribution in [0.2, 0.25) is 0 Å². The molecule has 12 heteroatoms. The minimum atomic E-state index is -4.63. The SMILES string of the molecule is O=C(Nc1cccc(C(F)(F)F)c1)c1cc2n(n1)[C@@H](C(F)(F)F)C[C@H](c1ccc(Br)cc1)N2. The van der Waals surface area contributed by atoms with Crippen molar-refractivity contribution in [3.63, 3.8) is 0 Å². The van der Waals surface area contributed by atoms with E-state index in [4.69, 9.17) is 0 Å². The number of carbonyl (C=O) groups excluding carboxylic acids is 1. The number of amides is 1. The largest absolute Gasteiger partial charge is 0.416 e. The van der Waals surface area contributed by atoms with Gasteiger partial charge < -0.3 is 10.6 Å². The van der Waals surface area contributed by atoms with Crippen LogP contribution in [0.25, 0.3) is 0 Å². The van der Waals surface area contributed by atoms with E-state index in [0.717, 1.165) is 28.7 Å². The lowest BCUT2D eigenvalue weighted by Gasteiger charge is -2.33. The van der Waals surface area contributed by atoms with Crippen molar-refractivity contribution in [2.24, 2.45) is 0 Å². The Bertz CT molecular complexity index is 1170. The first-order valence-electron chi connectivity index (χ1n) is 9.59. The number of fused-ring (bicyclic) bond motifs is 1. The smallest absolute Gasteiger partial charge is 0.363 e. The highest BCUT2D eigenvalue weighted by atomic mass is 79.9. The topological polar surface area (TPSA) is 59.0 Å². The molecule has 0 saturated heterocycles. The van der Waals surface area contributed by atoms with Crippen molar-refractivity contribution >= 4 is 33.3 Å². The lowest BCUT2D eigenvalue weighted by molar-refractivity contribution is -0.173. The summed E-state index contributed by atoms with van der Waals surface area (Å²) < 4.78 is 81.5. The van der Waals surface area contributed by atoms with E-state index in [1.165, 1.54) is 6.07 Å². The van der Waals surface area contributed by atoms with Gasteiger partial charge in [-0.15, -0.1) is 0 Å². The van der Waals surface area contributed by atoms with Crippen molar-refractivity contribution in [1.29, 1.82) is 0 Å². The molecule has 2 atom stereocenters. The van der Waals surface area contributed by atoms with E-state index in [0.29, 0.717) is 10.2 Å². The van der Waals surface area contributed by atoms with Crippen molar-refractivity contribution in [2.75, 3.05) is 10.6 Å². The molecule has 2 N–H and O–H groups in total. The number of carbonyl (C=O) groups is 1. The Morgan fingerprint density at radius 3 is 2.39 bits per heavy atom. The fraction of sp³-hybridized carbons (Fsp3) is 0.238. The zero-order valence-corrected chi connectivity index (χ0v) is 18.1. The molecule has 0 radical (unpaired) electrons. The molecule has 174 valence electrons. The maximum absolute atomic E-state index is 13.8. The highest BCUT2D eigenvalue weighted by molar-refractivity contribution is 9.10. The quantitative estimate of drug-likeness (QED) is 0.375. The van der Waals surface area contributed by atoms with Crippen molar-refractivity contribution in [2.45, 2.75) is 30.9 Å². The van der Waals surface area contributed by atoms with Crippen molar-refractivity contribution in [1.82, 2.24) is 9.78 Å². The summed E-state index contributed by atoms with van der Waals surface area (Å²) in [5, 5.41) is 9.01. The van der Waals surface area contributed by atoms with Gasteiger partial charge in [-0.05, 0) is 35.9 Å². The summed E-state index contributed by atoms with van der Waals surface area (Å²) >= 11 is 3.28. The fourth-order valence-corrected chi connectivity index (χ4v) is 3.83. The second-order valence-corrected chi connectivity index (χ2v) is 8.35. The van der Waals surface area contributed by atoms with E-state index < -0.39 is 35.9 Å². The van der Waals surface area contributed by atoms with Crippen LogP contribution in [0, 0.1) is 0 Å². The molecule has 1 amide bonds. The second-order valence-electron chi connectivity index (χ2n) is 7.43. The van der Waals surface area contributed by atoms with Crippen LogP contribution in [0.1, 0.15) is 40.1 Å². The molecule has 1 aliphatic rings. The van der Waals surface area contributed by atoms with Crippen LogP contribution in [0.3, 0.4) is 0 Å². The predicted octanol–water partition coefficient (Wildman–Crippen LogP) is 6.58. The third-order valence-electron chi connectivity index (χ3n) is 5.14. The Labute approximate surface area is 191 Å². The zero-order chi connectivity index (χ0) is 24.0. The van der Waals surface area contributed by atoms with Gasteiger partial charge in [-0.1, -0.05) is 34.1 Å². The summed E-state index contributed by atoms with van der Waals surface area (Å²) in [6.45, 7) is 0. The number of benzene rings is 2. The van der Waals surface area contributed by atoms with Gasteiger partial charge in [0.2, 0.25) is 0 Å². The second kappa shape index (κ2) is 8.40. The van der Waals surface area contributed by atoms with Gasteiger partial charge in [-0.3, -0.25) is 4.79 Å². The van der Waals surface area contributed by atoms with E-state index >= 15 is 0 Å². The molecule has 0 fully saturated rings. The van der Waals surface area contributed by atoms with Crippen LogP contribution in [0.5, 0.6) is 0 Å². The predicted molar refractivity (Wildman–Crippen MR) is 112 cm³/mol. The van der Waals surface area contributed by atoms with Gasteiger partial charge in [0.25, 0.3) is 5.91 Å². The zero-order valence-electron chi connectivity index (χ0n) is 16.5. The Morgan fingerprint density at radius 2 is 1.76 bits per heavy atom. The minimum Gasteiger partial charge on any atom is -0.363 e. The van der Waals surface area contributed by atoms with E-state index in [1.54, 1.807) is 24.3 Å². The van der Waals surface area contributed by atoms with E-state index in [1.807, 2.05) is 0 Å². The maximum Gasteiger partial charge on any atom is 0.416 e. The van der Waals surface area contributed by atoms with Gasteiger partial charge >= 0.3 is 12.4 Å². The number of alkyl halides is 6. The molecule has 0 spiro atoms. The van der Waals surface area contributed by atoms with Crippen LogP contribution in [0.4, 0.5) is 37.8 Å². The maximum atomic E-state index is 13.8. The average molecular weight is 533 g/mol. The number of hydrogen-bond acceptors (Lipinski definition) is 3. The fourth-order valence-electron chi connectivity index (χ4n) is 3.57. The van der Waals surface area contributed by atoms with E-state index in [9.17, 15) is 31.1 Å². The summed E-state index contributed by atoms with van der Waals surface area (Å²) in [6.07, 6.45) is -9.60. The molecule has 33 heavy (non-hydrogen) atoms. The number of aromatic nitrogens is 2. The summed E-state index contributed by atoms with van der Waals surface area (Å²) in [6, 6.07) is 9.17. The van der Waals surface area contributed by atoms with E-state index in [-0.39, 0.29) is 23.6 Å². The van der Waals surface area contributed by atoms with Crippen LogP contribution >= 0.6 is 15.9 Å². The molecule has 1 aromatic heterocycles. The number of rotatable bonds is 3. The van der Waals surface area contributed by atoms with Gasteiger partial charge in [0.15, 0.2) is 11.7 Å². The molecule has 5 nitrogen and oxygen atoms in total. The minimum absolute atomic E-state index is 0.0225. The summed E-state index contributed by atoms with van der Waals surface area (Å²) in [4.78, 5) is 12.6. The number of hydrogen-bond donors (Lipinski definition) is 2. The molecular formula is C21H15BrF6N4O. The molecule has 1 aliphatic heterocycles. The van der Waals surface area contributed by atoms with Crippen molar-refractivity contribution < 1.29 is 31.1 Å². The van der Waals surface area contributed by atoms with Gasteiger partial charge in [0.05, 0.1) is 11.6 Å². The summed E-state index contributed by atoms with van der Waals surface area (Å²) in [5.74, 6) is -0.954. The molecule has 2 aromatic carbocycles. The summed E-state index contributed by atoms with van der Waals surface area (Å²) in [7, 11) is 0. The normalized spacial score (nSPS) is 18.4. The molecule has 3 aromatic rings. The van der Waals surface area contributed by atoms with Crippen LogP contribution < -0.4 is 10.6 Å². The average Bonchev–Trinajstić information content (AvgIpc) is 3.17. The van der Waals surface area contributed by atoms with Crippen LogP contribution in [0.15, 0.2) is 59.1 Å². The molecule has 0 unspecified atom stereocenters. The van der Waals surface area contributed by atoms with Crippen molar-refractivity contribution in [3.8, 4) is 0 Å². The molecule has 0 aliphatic carbocycles. The van der Waals surface area contributed by atoms with Gasteiger partial charge in [0.1, 0.15) is 5.82 Å². The Morgan fingerprint density at radius 1 is 1.06 bits per heavy atom. The van der Waals surface area contributed by atoms with Crippen molar-refractivity contribution in [3.05, 3.63) is 75.9 Å². The lowest BCUT2D eigenvalue weighted by Crippen LogP contribution is -2.35. The molecule has 4 rings (SSSR count). The van der Waals surface area contributed by atoms with Gasteiger partial charge in [0, 0.05) is 22.6 Å². The first kappa shape index (κ1) is 23.1. The molecule has 2 heterocycles.